The lowest BCUT2D eigenvalue weighted by atomic mass is 9.89. The molecule has 2 aliphatic heterocycles. The van der Waals surface area contributed by atoms with Crippen LogP contribution in [-0.2, 0) is 0 Å². The van der Waals surface area contributed by atoms with Gasteiger partial charge in [0.15, 0.2) is 5.82 Å². The second kappa shape index (κ2) is 5.48. The number of piperidine rings is 1. The van der Waals surface area contributed by atoms with E-state index in [0.717, 1.165) is 42.4 Å². The van der Waals surface area contributed by atoms with Gasteiger partial charge in [0.05, 0.1) is 11.8 Å². The third-order valence-electron chi connectivity index (χ3n) is 4.74. The first-order chi connectivity index (χ1) is 10.4. The summed E-state index contributed by atoms with van der Waals surface area (Å²) in [5.74, 6) is 2.40. The lowest BCUT2D eigenvalue weighted by Crippen LogP contribution is -2.41. The predicted molar refractivity (Wildman–Crippen MR) is 79.9 cm³/mol. The van der Waals surface area contributed by atoms with Crippen LogP contribution in [0.2, 0.25) is 0 Å². The number of nitrogens with zero attached hydrogens (tertiary/aromatic N) is 4. The lowest BCUT2D eigenvalue weighted by molar-refractivity contribution is 0.317. The monoisotopic (exact) mass is 287 g/mol. The minimum absolute atomic E-state index is 0.737. The van der Waals surface area contributed by atoms with Crippen LogP contribution in [0.15, 0.2) is 12.4 Å². The molecule has 2 aliphatic rings. The average molecular weight is 287 g/mol. The number of hydrogen-bond donors (Lipinski definition) is 3. The zero-order valence-corrected chi connectivity index (χ0v) is 12.0. The van der Waals surface area contributed by atoms with Crippen molar-refractivity contribution >= 4 is 5.95 Å². The normalized spacial score (nSPS) is 23.8. The Kier molecular flexibility index (Phi) is 3.34. The molecule has 4 heterocycles. The number of nitrogens with one attached hydrogen (secondary N) is 3. The van der Waals surface area contributed by atoms with E-state index in [-0.39, 0.29) is 0 Å². The van der Waals surface area contributed by atoms with Gasteiger partial charge >= 0.3 is 0 Å². The number of aromatic amines is 2. The van der Waals surface area contributed by atoms with E-state index in [1.165, 1.54) is 32.2 Å². The summed E-state index contributed by atoms with van der Waals surface area (Å²) in [4.78, 5) is 6.87. The highest BCUT2D eigenvalue weighted by Crippen LogP contribution is 2.27. The smallest absolute Gasteiger partial charge is 0.245 e. The van der Waals surface area contributed by atoms with Crippen LogP contribution in [0.25, 0.3) is 11.4 Å². The summed E-state index contributed by atoms with van der Waals surface area (Å²) in [5.41, 5.74) is 0.943. The van der Waals surface area contributed by atoms with E-state index in [0.29, 0.717) is 0 Å². The molecule has 0 spiro atoms. The second-order valence-electron chi connectivity index (χ2n) is 6.00. The Balaban J connectivity index is 1.39. The highest BCUT2D eigenvalue weighted by Gasteiger charge is 2.29. The van der Waals surface area contributed by atoms with E-state index in [9.17, 15) is 0 Å². The SMILES string of the molecule is c1n[nH]cc1-c1nc(N2CCC(C3CCCN3)CC2)n[nH]1. The van der Waals surface area contributed by atoms with Gasteiger partial charge in [-0.1, -0.05) is 0 Å². The van der Waals surface area contributed by atoms with E-state index in [1.54, 1.807) is 6.20 Å². The molecular formula is C14H21N7. The number of rotatable bonds is 3. The maximum Gasteiger partial charge on any atom is 0.245 e. The van der Waals surface area contributed by atoms with Crippen LogP contribution >= 0.6 is 0 Å². The largest absolute Gasteiger partial charge is 0.340 e. The van der Waals surface area contributed by atoms with Gasteiger partial charge in [-0.15, -0.1) is 5.10 Å². The van der Waals surface area contributed by atoms with Gasteiger partial charge in [0.2, 0.25) is 5.95 Å². The summed E-state index contributed by atoms with van der Waals surface area (Å²) >= 11 is 0. The summed E-state index contributed by atoms with van der Waals surface area (Å²) in [6, 6.07) is 0.737. The van der Waals surface area contributed by atoms with Crippen LogP contribution in [0, 0.1) is 5.92 Å². The summed E-state index contributed by atoms with van der Waals surface area (Å²) in [6.45, 7) is 3.29. The van der Waals surface area contributed by atoms with Gasteiger partial charge in [0.1, 0.15) is 0 Å². The fraction of sp³-hybridized carbons (Fsp3) is 0.643. The topological polar surface area (TPSA) is 85.5 Å². The highest BCUT2D eigenvalue weighted by atomic mass is 15.4. The summed E-state index contributed by atoms with van der Waals surface area (Å²) in [7, 11) is 0. The van der Waals surface area contributed by atoms with Gasteiger partial charge in [-0.2, -0.15) is 10.1 Å². The fourth-order valence-electron chi connectivity index (χ4n) is 3.52. The Bertz CT molecular complexity index is 562. The van der Waals surface area contributed by atoms with E-state index in [1.807, 2.05) is 6.20 Å². The van der Waals surface area contributed by atoms with E-state index in [2.05, 4.69) is 35.6 Å². The van der Waals surface area contributed by atoms with Crippen LogP contribution < -0.4 is 10.2 Å². The fourth-order valence-corrected chi connectivity index (χ4v) is 3.52. The predicted octanol–water partition coefficient (Wildman–Crippen LogP) is 1.16. The number of hydrogen-bond acceptors (Lipinski definition) is 5. The number of anilines is 1. The van der Waals surface area contributed by atoms with Crippen LogP contribution in [0.1, 0.15) is 25.7 Å². The van der Waals surface area contributed by atoms with Crippen molar-refractivity contribution < 1.29 is 0 Å². The zero-order chi connectivity index (χ0) is 14.1. The van der Waals surface area contributed by atoms with Crippen molar-refractivity contribution in [2.24, 2.45) is 5.92 Å². The summed E-state index contributed by atoms with van der Waals surface area (Å²) < 4.78 is 0. The van der Waals surface area contributed by atoms with Crippen molar-refractivity contribution in [1.82, 2.24) is 30.7 Å². The van der Waals surface area contributed by atoms with Gasteiger partial charge in [-0.25, -0.2) is 0 Å². The maximum atomic E-state index is 4.58. The van der Waals surface area contributed by atoms with Crippen molar-refractivity contribution in [2.75, 3.05) is 24.5 Å². The van der Waals surface area contributed by atoms with E-state index < -0.39 is 0 Å². The van der Waals surface area contributed by atoms with Crippen molar-refractivity contribution in [3.63, 3.8) is 0 Å². The highest BCUT2D eigenvalue weighted by molar-refractivity contribution is 5.53. The van der Waals surface area contributed by atoms with Gasteiger partial charge in [0, 0.05) is 25.3 Å². The van der Waals surface area contributed by atoms with Crippen molar-refractivity contribution in [3.8, 4) is 11.4 Å². The Morgan fingerprint density at radius 2 is 2.10 bits per heavy atom. The maximum absolute atomic E-state index is 4.58. The molecular weight excluding hydrogens is 266 g/mol. The first-order valence-corrected chi connectivity index (χ1v) is 7.80. The molecule has 0 radical (unpaired) electrons. The summed E-state index contributed by atoms with van der Waals surface area (Å²) in [5, 5.41) is 17.7. The Morgan fingerprint density at radius 1 is 1.19 bits per heavy atom. The van der Waals surface area contributed by atoms with Crippen molar-refractivity contribution in [3.05, 3.63) is 12.4 Å². The van der Waals surface area contributed by atoms with Gasteiger partial charge in [-0.05, 0) is 38.1 Å². The molecule has 7 nitrogen and oxygen atoms in total. The number of aromatic nitrogens is 5. The molecule has 2 aromatic rings. The third-order valence-corrected chi connectivity index (χ3v) is 4.74. The molecule has 2 saturated heterocycles. The van der Waals surface area contributed by atoms with E-state index in [4.69, 9.17) is 0 Å². The molecule has 4 rings (SSSR count). The first-order valence-electron chi connectivity index (χ1n) is 7.80. The van der Waals surface area contributed by atoms with Gasteiger partial charge in [-0.3, -0.25) is 10.2 Å². The van der Waals surface area contributed by atoms with Gasteiger partial charge < -0.3 is 10.2 Å². The minimum Gasteiger partial charge on any atom is -0.340 e. The average Bonchev–Trinajstić information content (AvgIpc) is 3.27. The van der Waals surface area contributed by atoms with E-state index >= 15 is 0 Å². The summed E-state index contributed by atoms with van der Waals surface area (Å²) in [6.07, 6.45) is 8.71. The quantitative estimate of drug-likeness (QED) is 0.789. The zero-order valence-electron chi connectivity index (χ0n) is 12.0. The van der Waals surface area contributed by atoms with Gasteiger partial charge in [0.25, 0.3) is 0 Å². The molecule has 0 amide bonds. The molecule has 0 bridgehead atoms. The molecule has 2 fully saturated rings. The Labute approximate surface area is 123 Å². The molecule has 21 heavy (non-hydrogen) atoms. The molecule has 0 saturated carbocycles. The second-order valence-corrected chi connectivity index (χ2v) is 6.00. The number of H-pyrrole nitrogens is 2. The van der Waals surface area contributed by atoms with Crippen LogP contribution in [0.3, 0.4) is 0 Å². The minimum atomic E-state index is 0.737. The molecule has 1 atom stereocenters. The molecule has 1 unspecified atom stereocenters. The first kappa shape index (κ1) is 12.8. The Morgan fingerprint density at radius 3 is 2.81 bits per heavy atom. The van der Waals surface area contributed by atoms with Crippen LogP contribution in [0.5, 0.6) is 0 Å². The van der Waals surface area contributed by atoms with Crippen LogP contribution in [0.4, 0.5) is 5.95 Å². The molecule has 0 aromatic carbocycles. The third kappa shape index (κ3) is 2.53. The standard InChI is InChI=1S/C14H21N7/c1-2-12(15-5-1)10-3-6-21(7-4-10)14-18-13(19-20-14)11-8-16-17-9-11/h8-10,12,15H,1-7H2,(H,16,17)(H,18,19,20). The lowest BCUT2D eigenvalue weighted by Gasteiger charge is -2.34. The molecule has 3 N–H and O–H groups in total. The molecule has 7 heteroatoms. The molecule has 112 valence electrons. The Hall–Kier alpha value is -1.89. The van der Waals surface area contributed by atoms with Crippen LogP contribution in [-0.4, -0.2) is 51.1 Å². The molecule has 2 aromatic heterocycles. The van der Waals surface area contributed by atoms with Crippen molar-refractivity contribution in [2.45, 2.75) is 31.7 Å². The van der Waals surface area contributed by atoms with Crippen molar-refractivity contribution in [1.29, 1.82) is 0 Å². The molecule has 0 aliphatic carbocycles.